The zero-order chi connectivity index (χ0) is 26.4. The lowest BCUT2D eigenvalue weighted by Gasteiger charge is -2.31. The second-order valence-electron chi connectivity index (χ2n) is 8.66. The van der Waals surface area contributed by atoms with Gasteiger partial charge in [0, 0.05) is 49.8 Å². The quantitative estimate of drug-likeness (QED) is 0.495. The van der Waals surface area contributed by atoms with Crippen molar-refractivity contribution in [2.45, 2.75) is 6.36 Å². The summed E-state index contributed by atoms with van der Waals surface area (Å²) in [5.74, 6) is -1.65. The Kier molecular flexibility index (Phi) is 8.04. The maximum atomic E-state index is 12.9. The fourth-order valence-electron chi connectivity index (χ4n) is 3.86. The summed E-state index contributed by atoms with van der Waals surface area (Å²) in [6.07, 6.45) is -1.57. The van der Waals surface area contributed by atoms with E-state index in [4.69, 9.17) is 0 Å². The first-order valence-electron chi connectivity index (χ1n) is 11.6. The molecule has 194 valence electrons. The molecule has 37 heavy (non-hydrogen) atoms. The summed E-state index contributed by atoms with van der Waals surface area (Å²) in [6, 6.07) is 14.2. The van der Waals surface area contributed by atoms with Crippen molar-refractivity contribution in [2.75, 3.05) is 50.4 Å². The number of rotatable bonds is 7. The second-order valence-corrected chi connectivity index (χ2v) is 8.66. The van der Waals surface area contributed by atoms with Crippen molar-refractivity contribution in [2.24, 2.45) is 0 Å². The van der Waals surface area contributed by atoms with E-state index in [1.807, 2.05) is 36.2 Å². The average Bonchev–Trinajstić information content (AvgIpc) is 2.86. The molecule has 0 aliphatic carbocycles. The molecular weight excluding hydrogens is 487 g/mol. The van der Waals surface area contributed by atoms with Gasteiger partial charge in [-0.2, -0.15) is 0 Å². The van der Waals surface area contributed by atoms with Gasteiger partial charge >= 0.3 is 6.36 Å². The highest BCUT2D eigenvalue weighted by Crippen LogP contribution is 2.32. The molecule has 1 aromatic heterocycles. The number of pyridine rings is 1. The van der Waals surface area contributed by atoms with Crippen molar-refractivity contribution in [3.8, 4) is 16.9 Å². The Hall–Kier alpha value is -3.96. The Morgan fingerprint density at radius 2 is 1.70 bits per heavy atom. The fraction of sp³-hybridized carbons (Fsp3) is 0.269. The summed E-state index contributed by atoms with van der Waals surface area (Å²) < 4.78 is 42.9. The van der Waals surface area contributed by atoms with E-state index < -0.39 is 23.9 Å². The zero-order valence-corrected chi connectivity index (χ0v) is 20.1. The molecule has 0 atom stereocenters. The lowest BCUT2D eigenvalue weighted by atomic mass is 10.1. The van der Waals surface area contributed by atoms with Gasteiger partial charge in [0.25, 0.3) is 5.91 Å². The first-order chi connectivity index (χ1) is 17.7. The summed E-state index contributed by atoms with van der Waals surface area (Å²) in [5, 5.41) is 5.18. The van der Waals surface area contributed by atoms with Crippen LogP contribution < -0.4 is 15.4 Å². The molecule has 1 saturated heterocycles. The number of likely N-dealkylation sites (N-methyl/N-ethyl adjacent to an activating group) is 1. The van der Waals surface area contributed by atoms with Crippen LogP contribution in [0, 0.1) is 0 Å². The lowest BCUT2D eigenvalue weighted by molar-refractivity contribution is -0.274. The Bertz CT molecular complexity index is 1230. The van der Waals surface area contributed by atoms with Gasteiger partial charge in [0.2, 0.25) is 5.91 Å². The Morgan fingerprint density at radius 3 is 2.35 bits per heavy atom. The normalized spacial score (nSPS) is 14.7. The number of alkyl halides is 3. The number of benzene rings is 2. The fourth-order valence-corrected chi connectivity index (χ4v) is 3.86. The van der Waals surface area contributed by atoms with Crippen molar-refractivity contribution in [3.63, 3.8) is 0 Å². The molecular formula is C26H26F3N5O3. The molecule has 1 fully saturated rings. The minimum atomic E-state index is -4.96. The van der Waals surface area contributed by atoms with Crippen molar-refractivity contribution in [1.82, 2.24) is 14.8 Å². The molecule has 11 heteroatoms. The molecule has 8 nitrogen and oxygen atoms in total. The van der Waals surface area contributed by atoms with E-state index in [1.54, 1.807) is 24.5 Å². The summed E-state index contributed by atoms with van der Waals surface area (Å²) in [5.41, 5.74) is 2.13. The lowest BCUT2D eigenvalue weighted by Crippen LogP contribution is -2.47. The standard InChI is InChI=1S/C26H26F3N5O3/c1-33-11-13-34(14-12-33)17-24(35)32-22-15-19(6-9-23(22)37-26(27,28)29)25(36)31-21-7-4-18(5-8-21)20-3-2-10-30-16-20/h2-10,15-16H,11-14,17H2,1H3,(H,31,36)(H,32,35). The third-order valence-electron chi connectivity index (χ3n) is 5.84. The number of anilines is 2. The monoisotopic (exact) mass is 513 g/mol. The number of halogens is 3. The Labute approximate surface area is 212 Å². The van der Waals surface area contributed by atoms with Crippen LogP contribution in [0.25, 0.3) is 11.1 Å². The molecule has 4 rings (SSSR count). The summed E-state index contributed by atoms with van der Waals surface area (Å²) in [6.45, 7) is 2.91. The van der Waals surface area contributed by atoms with Crippen molar-refractivity contribution in [3.05, 3.63) is 72.6 Å². The van der Waals surface area contributed by atoms with E-state index in [0.29, 0.717) is 18.8 Å². The molecule has 1 aliphatic heterocycles. The number of amides is 2. The van der Waals surface area contributed by atoms with E-state index in [-0.39, 0.29) is 17.8 Å². The zero-order valence-electron chi connectivity index (χ0n) is 20.1. The number of carbonyl (C=O) groups is 2. The SMILES string of the molecule is CN1CCN(CC(=O)Nc2cc(C(=O)Nc3ccc(-c4cccnc4)cc3)ccc2OC(F)(F)F)CC1. The van der Waals surface area contributed by atoms with E-state index in [2.05, 4.69) is 25.3 Å². The van der Waals surface area contributed by atoms with Crippen molar-refractivity contribution >= 4 is 23.2 Å². The summed E-state index contributed by atoms with van der Waals surface area (Å²) >= 11 is 0. The number of hydrogen-bond acceptors (Lipinski definition) is 6. The van der Waals surface area contributed by atoms with Crippen LogP contribution in [0.5, 0.6) is 5.75 Å². The average molecular weight is 514 g/mol. The van der Waals surface area contributed by atoms with Gasteiger partial charge in [0.05, 0.1) is 12.2 Å². The molecule has 0 spiro atoms. The maximum Gasteiger partial charge on any atom is 0.573 e. The van der Waals surface area contributed by atoms with Crippen LogP contribution in [0.2, 0.25) is 0 Å². The number of hydrogen-bond donors (Lipinski definition) is 2. The summed E-state index contributed by atoms with van der Waals surface area (Å²) in [4.78, 5) is 33.5. The topological polar surface area (TPSA) is 86.8 Å². The van der Waals surface area contributed by atoms with Crippen LogP contribution in [0.4, 0.5) is 24.5 Å². The van der Waals surface area contributed by atoms with Gasteiger partial charge in [0.1, 0.15) is 0 Å². The molecule has 2 heterocycles. The summed E-state index contributed by atoms with van der Waals surface area (Å²) in [7, 11) is 1.98. The predicted molar refractivity (Wildman–Crippen MR) is 133 cm³/mol. The van der Waals surface area contributed by atoms with Crippen LogP contribution in [-0.4, -0.2) is 72.7 Å². The van der Waals surface area contributed by atoms with E-state index >= 15 is 0 Å². The van der Waals surface area contributed by atoms with Crippen LogP contribution in [0.15, 0.2) is 67.0 Å². The highest BCUT2D eigenvalue weighted by Gasteiger charge is 2.32. The molecule has 0 radical (unpaired) electrons. The molecule has 1 aliphatic rings. The number of carbonyl (C=O) groups excluding carboxylic acids is 2. The minimum absolute atomic E-state index is 0.0129. The minimum Gasteiger partial charge on any atom is -0.404 e. The maximum absolute atomic E-state index is 12.9. The van der Waals surface area contributed by atoms with E-state index in [0.717, 1.165) is 30.3 Å². The van der Waals surface area contributed by atoms with Gasteiger partial charge in [0.15, 0.2) is 5.75 Å². The molecule has 3 aromatic rings. The van der Waals surface area contributed by atoms with Gasteiger partial charge in [-0.1, -0.05) is 18.2 Å². The first kappa shape index (κ1) is 26.1. The largest absolute Gasteiger partial charge is 0.573 e. The third kappa shape index (κ3) is 7.51. The second kappa shape index (κ2) is 11.4. The molecule has 0 saturated carbocycles. The van der Waals surface area contributed by atoms with Crippen molar-refractivity contribution in [1.29, 1.82) is 0 Å². The van der Waals surface area contributed by atoms with Gasteiger partial charge < -0.3 is 20.3 Å². The van der Waals surface area contributed by atoms with Gasteiger partial charge in [-0.05, 0) is 54.6 Å². The van der Waals surface area contributed by atoms with Crippen LogP contribution >= 0.6 is 0 Å². The van der Waals surface area contributed by atoms with Gasteiger partial charge in [-0.25, -0.2) is 0 Å². The highest BCUT2D eigenvalue weighted by molar-refractivity contribution is 6.06. The highest BCUT2D eigenvalue weighted by atomic mass is 19.4. The Balaban J connectivity index is 1.47. The van der Waals surface area contributed by atoms with Crippen molar-refractivity contribution < 1.29 is 27.5 Å². The van der Waals surface area contributed by atoms with Crippen LogP contribution in [0.1, 0.15) is 10.4 Å². The first-order valence-corrected chi connectivity index (χ1v) is 11.6. The van der Waals surface area contributed by atoms with Gasteiger partial charge in [-0.3, -0.25) is 19.5 Å². The predicted octanol–water partition coefficient (Wildman–Crippen LogP) is 4.09. The van der Waals surface area contributed by atoms with E-state index in [9.17, 15) is 22.8 Å². The third-order valence-corrected chi connectivity index (χ3v) is 5.84. The number of nitrogens with one attached hydrogen (secondary N) is 2. The number of ether oxygens (including phenoxy) is 1. The molecule has 2 aromatic carbocycles. The number of piperazine rings is 1. The molecule has 2 amide bonds. The molecule has 2 N–H and O–H groups in total. The van der Waals surface area contributed by atoms with E-state index in [1.165, 1.54) is 12.1 Å². The van der Waals surface area contributed by atoms with Crippen LogP contribution in [-0.2, 0) is 4.79 Å². The molecule has 0 bridgehead atoms. The van der Waals surface area contributed by atoms with Crippen LogP contribution in [0.3, 0.4) is 0 Å². The number of aromatic nitrogens is 1. The Morgan fingerprint density at radius 1 is 0.973 bits per heavy atom. The molecule has 0 unspecified atom stereocenters. The smallest absolute Gasteiger partial charge is 0.404 e. The van der Waals surface area contributed by atoms with Gasteiger partial charge in [-0.15, -0.1) is 13.2 Å². The number of nitrogens with zero attached hydrogens (tertiary/aromatic N) is 3.